The molecule has 6 heteroatoms. The lowest BCUT2D eigenvalue weighted by molar-refractivity contribution is -0.0370. The van der Waals surface area contributed by atoms with E-state index in [1.54, 1.807) is 6.26 Å². The second-order valence-electron chi connectivity index (χ2n) is 6.89. The van der Waals surface area contributed by atoms with E-state index in [0.717, 1.165) is 57.5 Å². The number of hydrogen-bond acceptors (Lipinski definition) is 3. The van der Waals surface area contributed by atoms with Gasteiger partial charge in [-0.05, 0) is 37.8 Å². The van der Waals surface area contributed by atoms with Gasteiger partial charge in [-0.2, -0.15) is 0 Å². The number of ether oxygens (including phenoxy) is 1. The molecule has 5 nitrogen and oxygen atoms in total. The Morgan fingerprint density at radius 2 is 2.28 bits per heavy atom. The highest BCUT2D eigenvalue weighted by Crippen LogP contribution is 2.37. The van der Waals surface area contributed by atoms with Crippen molar-refractivity contribution < 1.29 is 9.15 Å². The molecular formula is C19H30IN3O2. The van der Waals surface area contributed by atoms with Crippen LogP contribution in [0.15, 0.2) is 40.5 Å². The third kappa shape index (κ3) is 5.74. The molecule has 25 heavy (non-hydrogen) atoms. The van der Waals surface area contributed by atoms with Crippen LogP contribution in [0.3, 0.4) is 0 Å². The van der Waals surface area contributed by atoms with Crippen molar-refractivity contribution in [1.82, 2.24) is 10.2 Å². The number of halogens is 1. The number of likely N-dealkylation sites (tertiary alicyclic amines) is 1. The monoisotopic (exact) mass is 459 g/mol. The van der Waals surface area contributed by atoms with E-state index in [1.165, 1.54) is 25.7 Å². The van der Waals surface area contributed by atoms with Gasteiger partial charge in [-0.25, -0.2) is 0 Å². The molecule has 2 aliphatic rings. The number of piperidine rings is 1. The minimum absolute atomic E-state index is 0. The van der Waals surface area contributed by atoms with Gasteiger partial charge in [0.25, 0.3) is 0 Å². The quantitative estimate of drug-likeness (QED) is 0.317. The van der Waals surface area contributed by atoms with E-state index >= 15 is 0 Å². The van der Waals surface area contributed by atoms with Crippen molar-refractivity contribution in [2.75, 3.05) is 39.4 Å². The summed E-state index contributed by atoms with van der Waals surface area (Å²) in [5, 5.41) is 3.43. The third-order valence-corrected chi connectivity index (χ3v) is 4.97. The lowest BCUT2D eigenvalue weighted by atomic mass is 9.76. The third-order valence-electron chi connectivity index (χ3n) is 4.97. The predicted molar refractivity (Wildman–Crippen MR) is 112 cm³/mol. The van der Waals surface area contributed by atoms with Crippen molar-refractivity contribution >= 4 is 29.9 Å². The van der Waals surface area contributed by atoms with Crippen LogP contribution < -0.4 is 5.32 Å². The summed E-state index contributed by atoms with van der Waals surface area (Å²) < 4.78 is 11.2. The summed E-state index contributed by atoms with van der Waals surface area (Å²) >= 11 is 0. The van der Waals surface area contributed by atoms with Crippen LogP contribution in [0.25, 0.3) is 0 Å². The maximum atomic E-state index is 5.79. The van der Waals surface area contributed by atoms with Crippen molar-refractivity contribution in [3.05, 3.63) is 36.8 Å². The highest BCUT2D eigenvalue weighted by molar-refractivity contribution is 14.0. The van der Waals surface area contributed by atoms with Crippen LogP contribution in [0.5, 0.6) is 0 Å². The summed E-state index contributed by atoms with van der Waals surface area (Å²) in [5.41, 5.74) is 0.314. The Kier molecular flexibility index (Phi) is 8.29. The van der Waals surface area contributed by atoms with Gasteiger partial charge >= 0.3 is 0 Å². The van der Waals surface area contributed by atoms with Crippen LogP contribution >= 0.6 is 24.0 Å². The Bertz CT molecular complexity index is 533. The van der Waals surface area contributed by atoms with E-state index in [2.05, 4.69) is 16.8 Å². The summed E-state index contributed by atoms with van der Waals surface area (Å²) in [5.74, 6) is 1.98. The second kappa shape index (κ2) is 10.2. The fourth-order valence-electron chi connectivity index (χ4n) is 3.78. The fraction of sp³-hybridized carbons (Fsp3) is 0.632. The number of aliphatic imine (C=N–C) groups is 1. The van der Waals surface area contributed by atoms with Gasteiger partial charge in [0, 0.05) is 44.6 Å². The first kappa shape index (κ1) is 20.3. The first-order valence-electron chi connectivity index (χ1n) is 9.06. The average Bonchev–Trinajstić information content (AvgIpc) is 3.12. The van der Waals surface area contributed by atoms with Crippen LogP contribution in [0.1, 0.15) is 31.4 Å². The number of furan rings is 1. The van der Waals surface area contributed by atoms with Gasteiger partial charge < -0.3 is 19.4 Å². The van der Waals surface area contributed by atoms with E-state index < -0.39 is 0 Å². The largest absolute Gasteiger partial charge is 0.469 e. The summed E-state index contributed by atoms with van der Waals surface area (Å²) in [6, 6.07) is 3.93. The van der Waals surface area contributed by atoms with Crippen LogP contribution in [0.2, 0.25) is 0 Å². The molecule has 3 rings (SSSR count). The normalized spacial score (nSPS) is 24.0. The molecule has 2 aliphatic heterocycles. The van der Waals surface area contributed by atoms with Gasteiger partial charge in [-0.3, -0.25) is 4.99 Å². The molecule has 2 saturated heterocycles. The van der Waals surface area contributed by atoms with Crippen molar-refractivity contribution in [3.63, 3.8) is 0 Å². The maximum Gasteiger partial charge on any atom is 0.194 e. The van der Waals surface area contributed by atoms with Gasteiger partial charge in [0.2, 0.25) is 0 Å². The summed E-state index contributed by atoms with van der Waals surface area (Å²) in [7, 11) is 0. The number of hydrogen-bond donors (Lipinski definition) is 1. The SMILES string of the molecule is C=CCNC(=NCCc1ccco1)N1CCCC2(CCCOC2)C1.I. The first-order valence-corrected chi connectivity index (χ1v) is 9.06. The molecule has 0 saturated carbocycles. The maximum absolute atomic E-state index is 5.79. The molecule has 1 N–H and O–H groups in total. The van der Waals surface area contributed by atoms with Crippen molar-refractivity contribution in [2.24, 2.45) is 10.4 Å². The fourth-order valence-corrected chi connectivity index (χ4v) is 3.78. The Morgan fingerprint density at radius 1 is 1.40 bits per heavy atom. The summed E-state index contributed by atoms with van der Waals surface area (Å²) in [6.07, 6.45) is 9.34. The van der Waals surface area contributed by atoms with Crippen LogP contribution in [0, 0.1) is 5.41 Å². The molecule has 0 aromatic carbocycles. The van der Waals surface area contributed by atoms with Crippen molar-refractivity contribution in [1.29, 1.82) is 0 Å². The number of guanidine groups is 1. The molecule has 1 atom stereocenters. The molecule has 0 amide bonds. The molecule has 1 aromatic rings. The number of nitrogens with zero attached hydrogens (tertiary/aromatic N) is 2. The minimum atomic E-state index is 0. The van der Waals surface area contributed by atoms with Gasteiger partial charge in [-0.15, -0.1) is 30.6 Å². The molecule has 0 aliphatic carbocycles. The highest BCUT2D eigenvalue weighted by Gasteiger charge is 2.38. The number of nitrogens with one attached hydrogen (secondary N) is 1. The molecule has 0 radical (unpaired) electrons. The molecule has 1 spiro atoms. The molecular weight excluding hydrogens is 429 g/mol. The standard InChI is InChI=1S/C19H29N3O2.HI/c1-2-10-20-18(21-11-7-17-6-3-14-24-17)22-12-4-8-19(15-22)9-5-13-23-16-19;/h2-3,6,14H,1,4-5,7-13,15-16H2,(H,20,21);1H. The van der Waals surface area contributed by atoms with E-state index in [1.807, 2.05) is 18.2 Å². The van der Waals surface area contributed by atoms with Crippen LogP contribution in [-0.4, -0.2) is 50.3 Å². The molecule has 0 bridgehead atoms. The first-order chi connectivity index (χ1) is 11.8. The van der Waals surface area contributed by atoms with Gasteiger partial charge in [0.05, 0.1) is 12.9 Å². The molecule has 3 heterocycles. The van der Waals surface area contributed by atoms with Crippen molar-refractivity contribution in [2.45, 2.75) is 32.1 Å². The van der Waals surface area contributed by atoms with E-state index in [4.69, 9.17) is 14.1 Å². The molecule has 1 unspecified atom stereocenters. The minimum Gasteiger partial charge on any atom is -0.469 e. The molecule has 1 aromatic heterocycles. The zero-order valence-electron chi connectivity index (χ0n) is 14.9. The molecule has 140 valence electrons. The Hall–Kier alpha value is -1.02. The molecule has 2 fully saturated rings. The van der Waals surface area contributed by atoms with E-state index in [-0.39, 0.29) is 24.0 Å². The lowest BCUT2D eigenvalue weighted by Crippen LogP contribution is -2.53. The summed E-state index contributed by atoms with van der Waals surface area (Å²) in [6.45, 7) is 9.19. The lowest BCUT2D eigenvalue weighted by Gasteiger charge is -2.45. The van der Waals surface area contributed by atoms with Gasteiger partial charge in [0.1, 0.15) is 5.76 Å². The van der Waals surface area contributed by atoms with Crippen molar-refractivity contribution in [3.8, 4) is 0 Å². The smallest absolute Gasteiger partial charge is 0.194 e. The Balaban J connectivity index is 0.00000225. The number of rotatable bonds is 5. The van der Waals surface area contributed by atoms with Gasteiger partial charge in [-0.1, -0.05) is 6.08 Å². The highest BCUT2D eigenvalue weighted by atomic mass is 127. The average molecular weight is 459 g/mol. The second-order valence-corrected chi connectivity index (χ2v) is 6.89. The topological polar surface area (TPSA) is 50.0 Å². The zero-order valence-corrected chi connectivity index (χ0v) is 17.2. The van der Waals surface area contributed by atoms with Gasteiger partial charge in [0.15, 0.2) is 5.96 Å². The Morgan fingerprint density at radius 3 is 3.00 bits per heavy atom. The van der Waals surface area contributed by atoms with Crippen LogP contribution in [-0.2, 0) is 11.2 Å². The predicted octanol–water partition coefficient (Wildman–Crippen LogP) is 3.46. The zero-order chi connectivity index (χ0) is 16.7. The summed E-state index contributed by atoms with van der Waals surface area (Å²) in [4.78, 5) is 7.23. The van der Waals surface area contributed by atoms with E-state index in [9.17, 15) is 0 Å². The Labute approximate surface area is 167 Å². The van der Waals surface area contributed by atoms with E-state index in [0.29, 0.717) is 5.41 Å². The van der Waals surface area contributed by atoms with Crippen LogP contribution in [0.4, 0.5) is 0 Å².